The lowest BCUT2D eigenvalue weighted by molar-refractivity contribution is 0.185. The average Bonchev–Trinajstić information content (AvgIpc) is 2.70. The van der Waals surface area contributed by atoms with Crippen molar-refractivity contribution >= 4 is 38.9 Å². The fourth-order valence-electron chi connectivity index (χ4n) is 1.80. The van der Waals surface area contributed by atoms with Crippen molar-refractivity contribution in [1.82, 2.24) is 5.32 Å². The SMILES string of the molecule is COCc1cccc(CNCc2cc(Br)c(Cl)s2)c1. The summed E-state index contributed by atoms with van der Waals surface area (Å²) in [5.41, 5.74) is 2.46. The molecule has 1 aromatic carbocycles. The molecule has 2 nitrogen and oxygen atoms in total. The predicted molar refractivity (Wildman–Crippen MR) is 84.7 cm³/mol. The molecule has 5 heteroatoms. The van der Waals surface area contributed by atoms with Gasteiger partial charge in [0.15, 0.2) is 0 Å². The number of halogens is 2. The highest BCUT2D eigenvalue weighted by Gasteiger charge is 2.04. The zero-order valence-corrected chi connectivity index (χ0v) is 13.7. The van der Waals surface area contributed by atoms with Crippen LogP contribution in [0.1, 0.15) is 16.0 Å². The van der Waals surface area contributed by atoms with Crippen LogP contribution in [-0.4, -0.2) is 7.11 Å². The highest BCUT2D eigenvalue weighted by molar-refractivity contribution is 9.10. The van der Waals surface area contributed by atoms with Crippen LogP contribution in [0, 0.1) is 0 Å². The fraction of sp³-hybridized carbons (Fsp3) is 0.286. The first kappa shape index (κ1) is 15.0. The molecule has 0 aliphatic carbocycles. The normalized spacial score (nSPS) is 10.9. The summed E-state index contributed by atoms with van der Waals surface area (Å²) in [6.45, 7) is 2.32. The van der Waals surface area contributed by atoms with E-state index in [1.165, 1.54) is 16.0 Å². The van der Waals surface area contributed by atoms with E-state index in [9.17, 15) is 0 Å². The van der Waals surface area contributed by atoms with Crippen molar-refractivity contribution in [3.63, 3.8) is 0 Å². The number of rotatable bonds is 6. The van der Waals surface area contributed by atoms with Crippen molar-refractivity contribution in [2.45, 2.75) is 19.7 Å². The number of hydrogen-bond acceptors (Lipinski definition) is 3. The number of ether oxygens (including phenoxy) is 1. The largest absolute Gasteiger partial charge is 0.380 e. The summed E-state index contributed by atoms with van der Waals surface area (Å²) < 4.78 is 6.91. The van der Waals surface area contributed by atoms with Crippen molar-refractivity contribution < 1.29 is 4.74 Å². The van der Waals surface area contributed by atoms with Gasteiger partial charge in [-0.1, -0.05) is 35.9 Å². The van der Waals surface area contributed by atoms with Crippen molar-refractivity contribution in [1.29, 1.82) is 0 Å². The molecule has 0 amide bonds. The van der Waals surface area contributed by atoms with E-state index >= 15 is 0 Å². The van der Waals surface area contributed by atoms with E-state index in [-0.39, 0.29) is 0 Å². The summed E-state index contributed by atoms with van der Waals surface area (Å²) >= 11 is 11.0. The Hall–Kier alpha value is -0.390. The lowest BCUT2D eigenvalue weighted by atomic mass is 10.1. The van der Waals surface area contributed by atoms with Gasteiger partial charge in [0, 0.05) is 29.5 Å². The zero-order chi connectivity index (χ0) is 13.7. The second kappa shape index (κ2) is 7.41. The molecule has 1 heterocycles. The van der Waals surface area contributed by atoms with E-state index < -0.39 is 0 Å². The molecule has 1 aromatic heterocycles. The van der Waals surface area contributed by atoms with Crippen LogP contribution in [0.5, 0.6) is 0 Å². The predicted octanol–water partition coefficient (Wildman–Crippen LogP) is 4.60. The van der Waals surface area contributed by atoms with E-state index in [0.29, 0.717) is 6.61 Å². The molecule has 0 aliphatic rings. The quantitative estimate of drug-likeness (QED) is 0.813. The van der Waals surface area contributed by atoms with Gasteiger partial charge in [-0.3, -0.25) is 0 Å². The van der Waals surface area contributed by atoms with Gasteiger partial charge >= 0.3 is 0 Å². The second-order valence-electron chi connectivity index (χ2n) is 4.19. The van der Waals surface area contributed by atoms with Crippen LogP contribution in [0.15, 0.2) is 34.8 Å². The lowest BCUT2D eigenvalue weighted by Gasteiger charge is -2.06. The Morgan fingerprint density at radius 1 is 1.26 bits per heavy atom. The molecule has 19 heavy (non-hydrogen) atoms. The van der Waals surface area contributed by atoms with Crippen LogP contribution in [0.25, 0.3) is 0 Å². The smallest absolute Gasteiger partial charge is 0.107 e. The molecule has 0 bridgehead atoms. The maximum atomic E-state index is 6.01. The Labute approximate surface area is 130 Å². The van der Waals surface area contributed by atoms with Gasteiger partial charge in [0.2, 0.25) is 0 Å². The highest BCUT2D eigenvalue weighted by atomic mass is 79.9. The molecule has 102 valence electrons. The van der Waals surface area contributed by atoms with Crippen LogP contribution < -0.4 is 5.32 Å². The maximum absolute atomic E-state index is 6.01. The van der Waals surface area contributed by atoms with Crippen molar-refractivity contribution in [3.8, 4) is 0 Å². The molecular formula is C14H15BrClNOS. The summed E-state index contributed by atoms with van der Waals surface area (Å²) in [7, 11) is 1.71. The second-order valence-corrected chi connectivity index (χ2v) is 6.78. The van der Waals surface area contributed by atoms with E-state index in [4.69, 9.17) is 16.3 Å². The minimum Gasteiger partial charge on any atom is -0.380 e. The summed E-state index contributed by atoms with van der Waals surface area (Å²) in [5, 5.41) is 3.42. The zero-order valence-electron chi connectivity index (χ0n) is 10.6. The van der Waals surface area contributed by atoms with Gasteiger partial charge in [0.25, 0.3) is 0 Å². The Bertz CT molecular complexity index is 524. The van der Waals surface area contributed by atoms with Crippen LogP contribution in [0.3, 0.4) is 0 Å². The average molecular weight is 361 g/mol. The summed E-state index contributed by atoms with van der Waals surface area (Å²) in [4.78, 5) is 1.23. The van der Waals surface area contributed by atoms with Crippen molar-refractivity contribution in [2.24, 2.45) is 0 Å². The molecule has 0 saturated heterocycles. The Kier molecular flexibility index (Phi) is 5.85. The van der Waals surface area contributed by atoms with E-state index in [2.05, 4.69) is 51.6 Å². The van der Waals surface area contributed by atoms with E-state index in [1.54, 1.807) is 18.4 Å². The molecule has 0 atom stereocenters. The topological polar surface area (TPSA) is 21.3 Å². The van der Waals surface area contributed by atoms with Gasteiger partial charge in [-0.15, -0.1) is 11.3 Å². The fourth-order valence-corrected chi connectivity index (χ4v) is 3.56. The van der Waals surface area contributed by atoms with Gasteiger partial charge in [-0.05, 0) is 33.1 Å². The number of benzene rings is 1. The number of hydrogen-bond donors (Lipinski definition) is 1. The lowest BCUT2D eigenvalue weighted by Crippen LogP contribution is -2.11. The molecule has 0 spiro atoms. The standard InChI is InChI=1S/C14H15BrClNOS/c1-18-9-11-4-2-3-10(5-11)7-17-8-12-6-13(15)14(16)19-12/h2-6,17H,7-9H2,1H3. The van der Waals surface area contributed by atoms with Gasteiger partial charge < -0.3 is 10.1 Å². The molecule has 0 unspecified atom stereocenters. The summed E-state index contributed by atoms with van der Waals surface area (Å²) in [6.07, 6.45) is 0. The van der Waals surface area contributed by atoms with Crippen molar-refractivity contribution in [2.75, 3.05) is 7.11 Å². The van der Waals surface area contributed by atoms with Crippen LogP contribution in [0.2, 0.25) is 4.34 Å². The van der Waals surface area contributed by atoms with Gasteiger partial charge in [0.1, 0.15) is 4.34 Å². The Balaban J connectivity index is 1.86. The molecule has 0 aliphatic heterocycles. The first-order valence-electron chi connectivity index (χ1n) is 5.90. The first-order valence-corrected chi connectivity index (χ1v) is 7.89. The van der Waals surface area contributed by atoms with Gasteiger partial charge in [-0.25, -0.2) is 0 Å². The minimum absolute atomic E-state index is 0.654. The third-order valence-corrected chi connectivity index (χ3v) is 5.10. The molecule has 2 rings (SSSR count). The minimum atomic E-state index is 0.654. The summed E-state index contributed by atoms with van der Waals surface area (Å²) in [5.74, 6) is 0. The van der Waals surface area contributed by atoms with Crippen LogP contribution in [-0.2, 0) is 24.4 Å². The van der Waals surface area contributed by atoms with Gasteiger partial charge in [0.05, 0.1) is 6.61 Å². The highest BCUT2D eigenvalue weighted by Crippen LogP contribution is 2.31. The van der Waals surface area contributed by atoms with Crippen LogP contribution >= 0.6 is 38.9 Å². The Morgan fingerprint density at radius 3 is 2.74 bits per heavy atom. The monoisotopic (exact) mass is 359 g/mol. The number of methoxy groups -OCH3 is 1. The third-order valence-electron chi connectivity index (χ3n) is 2.63. The Morgan fingerprint density at radius 2 is 2.05 bits per heavy atom. The van der Waals surface area contributed by atoms with E-state index in [0.717, 1.165) is 21.9 Å². The van der Waals surface area contributed by atoms with Crippen molar-refractivity contribution in [3.05, 3.63) is 55.1 Å². The van der Waals surface area contributed by atoms with Crippen LogP contribution in [0.4, 0.5) is 0 Å². The molecule has 0 fully saturated rings. The third kappa shape index (κ3) is 4.58. The maximum Gasteiger partial charge on any atom is 0.107 e. The number of thiophene rings is 1. The van der Waals surface area contributed by atoms with E-state index in [1.807, 2.05) is 0 Å². The molecular weight excluding hydrogens is 346 g/mol. The molecule has 0 saturated carbocycles. The summed E-state index contributed by atoms with van der Waals surface area (Å²) in [6, 6.07) is 10.5. The molecule has 1 N–H and O–H groups in total. The van der Waals surface area contributed by atoms with Gasteiger partial charge in [-0.2, -0.15) is 0 Å². The number of nitrogens with one attached hydrogen (secondary N) is 1. The molecule has 2 aromatic rings. The molecule has 0 radical (unpaired) electrons. The first-order chi connectivity index (χ1) is 9.19.